The highest BCUT2D eigenvalue weighted by Gasteiger charge is 2.35. The molecular weight excluding hydrogens is 446 g/mol. The minimum absolute atomic E-state index is 0.245. The van der Waals surface area contributed by atoms with Gasteiger partial charge in [-0.25, -0.2) is 13.4 Å². The van der Waals surface area contributed by atoms with Gasteiger partial charge < -0.3 is 4.98 Å². The third-order valence-electron chi connectivity index (χ3n) is 5.83. The number of hydrogen-bond acceptors (Lipinski definition) is 5. The van der Waals surface area contributed by atoms with E-state index in [0.29, 0.717) is 5.69 Å². The summed E-state index contributed by atoms with van der Waals surface area (Å²) >= 11 is 0. The highest BCUT2D eigenvalue weighted by atomic mass is 32.2. The monoisotopic (exact) mass is 473 g/mol. The quantitative estimate of drug-likeness (QED) is 0.367. The van der Waals surface area contributed by atoms with Crippen molar-refractivity contribution in [3.63, 3.8) is 0 Å². The number of anilines is 1. The molecule has 0 spiro atoms. The summed E-state index contributed by atoms with van der Waals surface area (Å²) in [5, 5.41) is -0.273. The van der Waals surface area contributed by atoms with Crippen LogP contribution < -0.4 is 4.72 Å². The molecule has 174 valence electrons. The van der Waals surface area contributed by atoms with Crippen molar-refractivity contribution in [2.45, 2.75) is 44.8 Å². The van der Waals surface area contributed by atoms with Gasteiger partial charge in [-0.05, 0) is 50.1 Å². The predicted molar refractivity (Wildman–Crippen MR) is 135 cm³/mol. The number of aromatic nitrogens is 4. The van der Waals surface area contributed by atoms with Crippen LogP contribution >= 0.6 is 0 Å². The van der Waals surface area contributed by atoms with E-state index < -0.39 is 10.0 Å². The van der Waals surface area contributed by atoms with E-state index in [1.54, 1.807) is 12.3 Å². The fraction of sp³-hybridized carbons (Fsp3) is 0.269. The Balaban J connectivity index is 1.49. The fourth-order valence-corrected chi connectivity index (χ4v) is 5.19. The van der Waals surface area contributed by atoms with Crippen LogP contribution in [0.3, 0.4) is 0 Å². The zero-order chi connectivity index (χ0) is 23.9. The molecule has 0 aliphatic heterocycles. The predicted octanol–water partition coefficient (Wildman–Crippen LogP) is 5.54. The van der Waals surface area contributed by atoms with E-state index >= 15 is 0 Å². The molecule has 3 aromatic heterocycles. The van der Waals surface area contributed by atoms with Gasteiger partial charge in [0.1, 0.15) is 5.82 Å². The molecule has 5 rings (SSSR count). The number of benzene rings is 1. The minimum atomic E-state index is -3.31. The molecule has 0 saturated heterocycles. The van der Waals surface area contributed by atoms with E-state index in [1.165, 1.54) is 0 Å². The van der Waals surface area contributed by atoms with Gasteiger partial charge in [0, 0.05) is 22.7 Å². The van der Waals surface area contributed by atoms with Gasteiger partial charge in [-0.1, -0.05) is 38.1 Å². The van der Waals surface area contributed by atoms with Gasteiger partial charge in [0.05, 0.1) is 39.9 Å². The van der Waals surface area contributed by atoms with Crippen LogP contribution in [-0.4, -0.2) is 33.6 Å². The highest BCUT2D eigenvalue weighted by molar-refractivity contribution is 7.93. The normalized spacial score (nSPS) is 13.9. The molecule has 7 nitrogen and oxygen atoms in total. The molecule has 0 amide bonds. The van der Waals surface area contributed by atoms with Gasteiger partial charge in [-0.15, -0.1) is 0 Å². The summed E-state index contributed by atoms with van der Waals surface area (Å²) in [5.41, 5.74) is 6.65. The summed E-state index contributed by atoms with van der Waals surface area (Å²) in [6, 6.07) is 17.6. The maximum Gasteiger partial charge on any atom is 0.235 e. The topological polar surface area (TPSA) is 101 Å². The molecule has 8 heteroatoms. The van der Waals surface area contributed by atoms with Gasteiger partial charge >= 0.3 is 0 Å². The van der Waals surface area contributed by atoms with Crippen LogP contribution in [0.4, 0.5) is 5.69 Å². The molecule has 1 aliphatic rings. The summed E-state index contributed by atoms with van der Waals surface area (Å²) < 4.78 is 27.0. The van der Waals surface area contributed by atoms with Crippen LogP contribution in [0, 0.1) is 6.92 Å². The molecule has 0 radical (unpaired) electrons. The minimum Gasteiger partial charge on any atom is -0.340 e. The van der Waals surface area contributed by atoms with Crippen LogP contribution in [0.2, 0.25) is 0 Å². The van der Waals surface area contributed by atoms with Crippen LogP contribution in [-0.2, 0) is 10.0 Å². The number of nitrogens with zero attached hydrogens (tertiary/aromatic N) is 3. The Morgan fingerprint density at radius 3 is 2.41 bits per heavy atom. The van der Waals surface area contributed by atoms with Gasteiger partial charge in [0.25, 0.3) is 0 Å². The standard InChI is InChI=1S/C26H27N5O2S/c1-16(2)26-29-24(25(30-26)23-9-4-6-17(3)28-23)19-8-5-7-18(14-19)22-13-10-20(15-27-22)31-34(32,33)21-11-12-21/h4-10,13-16,21,31H,11-12H2,1-3H3,(H,29,30). The Bertz CT molecular complexity index is 1440. The zero-order valence-electron chi connectivity index (χ0n) is 19.4. The van der Waals surface area contributed by atoms with Crippen LogP contribution in [0.5, 0.6) is 0 Å². The van der Waals surface area contributed by atoms with Crippen molar-refractivity contribution in [3.8, 4) is 33.9 Å². The van der Waals surface area contributed by atoms with E-state index in [4.69, 9.17) is 9.97 Å². The summed E-state index contributed by atoms with van der Waals surface area (Å²) in [5.74, 6) is 1.15. The first kappa shape index (κ1) is 22.3. The van der Waals surface area contributed by atoms with Gasteiger partial charge in [-0.3, -0.25) is 14.7 Å². The van der Waals surface area contributed by atoms with Crippen LogP contribution in [0.25, 0.3) is 33.9 Å². The number of H-pyrrole nitrogens is 1. The summed E-state index contributed by atoms with van der Waals surface area (Å²) in [4.78, 5) is 17.6. The van der Waals surface area contributed by atoms with Crippen LogP contribution in [0.1, 0.15) is 44.1 Å². The number of aromatic amines is 1. The fourth-order valence-electron chi connectivity index (χ4n) is 3.82. The smallest absolute Gasteiger partial charge is 0.235 e. The van der Waals surface area contributed by atoms with E-state index in [1.807, 2.05) is 49.4 Å². The molecule has 1 fully saturated rings. The van der Waals surface area contributed by atoms with E-state index in [2.05, 4.69) is 34.6 Å². The van der Waals surface area contributed by atoms with Crippen molar-refractivity contribution in [1.29, 1.82) is 0 Å². The average Bonchev–Trinajstić information content (AvgIpc) is 3.59. The Morgan fingerprint density at radius 2 is 1.74 bits per heavy atom. The van der Waals surface area contributed by atoms with E-state index in [-0.39, 0.29) is 11.2 Å². The Morgan fingerprint density at radius 1 is 0.971 bits per heavy atom. The van der Waals surface area contributed by atoms with Crippen molar-refractivity contribution >= 4 is 15.7 Å². The Labute approximate surface area is 199 Å². The second-order valence-corrected chi connectivity index (χ2v) is 11.0. The second-order valence-electron chi connectivity index (χ2n) is 9.02. The number of rotatable bonds is 7. The molecular formula is C26H27N5O2S. The molecule has 3 heterocycles. The molecule has 2 N–H and O–H groups in total. The first-order valence-electron chi connectivity index (χ1n) is 11.4. The number of imidazole rings is 1. The first-order chi connectivity index (χ1) is 16.3. The van der Waals surface area contributed by atoms with Crippen molar-refractivity contribution in [2.75, 3.05) is 4.72 Å². The Kier molecular flexibility index (Phi) is 5.69. The largest absolute Gasteiger partial charge is 0.340 e. The van der Waals surface area contributed by atoms with Crippen molar-refractivity contribution in [1.82, 2.24) is 19.9 Å². The lowest BCUT2D eigenvalue weighted by molar-refractivity contribution is 0.600. The highest BCUT2D eigenvalue weighted by Crippen LogP contribution is 2.33. The third-order valence-corrected chi connectivity index (χ3v) is 7.70. The van der Waals surface area contributed by atoms with Crippen molar-refractivity contribution in [2.24, 2.45) is 0 Å². The molecule has 1 saturated carbocycles. The zero-order valence-corrected chi connectivity index (χ0v) is 20.2. The lowest BCUT2D eigenvalue weighted by Gasteiger charge is -2.09. The lowest BCUT2D eigenvalue weighted by Crippen LogP contribution is -2.17. The number of hydrogen-bond donors (Lipinski definition) is 2. The third kappa shape index (κ3) is 4.59. The summed E-state index contributed by atoms with van der Waals surface area (Å²) in [6.07, 6.45) is 3.01. The second kappa shape index (κ2) is 8.68. The lowest BCUT2D eigenvalue weighted by atomic mass is 10.0. The molecule has 0 atom stereocenters. The Hall–Kier alpha value is -3.52. The van der Waals surface area contributed by atoms with Crippen molar-refractivity contribution in [3.05, 3.63) is 72.3 Å². The van der Waals surface area contributed by atoms with Gasteiger partial charge in [0.2, 0.25) is 10.0 Å². The number of sulfonamides is 1. The number of pyridine rings is 2. The number of aryl methyl sites for hydroxylation is 1. The molecule has 1 aliphatic carbocycles. The van der Waals surface area contributed by atoms with Crippen molar-refractivity contribution < 1.29 is 8.42 Å². The van der Waals surface area contributed by atoms with Gasteiger partial charge in [-0.2, -0.15) is 0 Å². The molecule has 0 bridgehead atoms. The average molecular weight is 474 g/mol. The summed E-state index contributed by atoms with van der Waals surface area (Å²) in [7, 11) is -3.31. The molecule has 0 unspecified atom stereocenters. The maximum absolute atomic E-state index is 12.2. The molecule has 34 heavy (non-hydrogen) atoms. The van der Waals surface area contributed by atoms with Crippen LogP contribution in [0.15, 0.2) is 60.8 Å². The van der Waals surface area contributed by atoms with Gasteiger partial charge in [0.15, 0.2) is 0 Å². The molecule has 1 aromatic carbocycles. The first-order valence-corrected chi connectivity index (χ1v) is 13.0. The SMILES string of the molecule is Cc1cccc(-c2[nH]c(C(C)C)nc2-c2cccc(-c3ccc(NS(=O)(=O)C4CC4)cn3)c2)n1. The maximum atomic E-state index is 12.2. The summed E-state index contributed by atoms with van der Waals surface area (Å²) in [6.45, 7) is 6.19. The van der Waals surface area contributed by atoms with E-state index in [0.717, 1.165) is 58.3 Å². The molecule has 4 aromatic rings. The van der Waals surface area contributed by atoms with E-state index in [9.17, 15) is 8.42 Å². The number of nitrogens with one attached hydrogen (secondary N) is 2.